The number of benzene rings is 1. The van der Waals surface area contributed by atoms with Gasteiger partial charge in [-0.3, -0.25) is 4.79 Å². The van der Waals surface area contributed by atoms with Gasteiger partial charge in [0.05, 0.1) is 18.1 Å². The highest BCUT2D eigenvalue weighted by Crippen LogP contribution is 2.65. The van der Waals surface area contributed by atoms with Crippen LogP contribution in [0.1, 0.15) is 128 Å². The van der Waals surface area contributed by atoms with Crippen molar-refractivity contribution in [2.75, 3.05) is 20.7 Å². The van der Waals surface area contributed by atoms with Gasteiger partial charge in [-0.1, -0.05) is 76.5 Å². The lowest BCUT2D eigenvalue weighted by Gasteiger charge is -2.61. The summed E-state index contributed by atoms with van der Waals surface area (Å²) in [6.07, 6.45) is 22.2. The van der Waals surface area contributed by atoms with Gasteiger partial charge in [-0.15, -0.1) is 0 Å². The number of likely N-dealkylation sites (N-methyl/N-ethyl adjacent to an activating group) is 1. The molecule has 0 unspecified atom stereocenters. The topological polar surface area (TPSA) is 94.5 Å². The van der Waals surface area contributed by atoms with Crippen LogP contribution in [0.4, 0.5) is 0 Å². The summed E-state index contributed by atoms with van der Waals surface area (Å²) >= 11 is 0. The summed E-state index contributed by atoms with van der Waals surface area (Å²) in [7, 11) is 3.67. The second-order valence-corrected chi connectivity index (χ2v) is 14.2. The van der Waals surface area contributed by atoms with Crippen LogP contribution in [0.2, 0.25) is 0 Å². The highest BCUT2D eigenvalue weighted by Gasteiger charge is 2.72. The highest BCUT2D eigenvalue weighted by molar-refractivity contribution is 5.80. The molecule has 2 bridgehead atoms. The molecule has 2 heterocycles. The lowest BCUT2D eigenvalue weighted by Crippen LogP contribution is -2.74. The number of carbonyl (C=O) groups excluding carboxylic acids is 2. The van der Waals surface area contributed by atoms with E-state index in [0.29, 0.717) is 36.5 Å². The Labute approximate surface area is 281 Å². The maximum absolute atomic E-state index is 13.2. The summed E-state index contributed by atoms with van der Waals surface area (Å²) < 4.78 is 23.6. The molecule has 0 aromatic heterocycles. The average molecular weight is 652 g/mol. The van der Waals surface area contributed by atoms with Gasteiger partial charge in [0.1, 0.15) is 5.76 Å². The van der Waals surface area contributed by atoms with Crippen LogP contribution in [0.15, 0.2) is 36.1 Å². The van der Waals surface area contributed by atoms with Crippen molar-refractivity contribution in [3.63, 3.8) is 0 Å². The van der Waals surface area contributed by atoms with Crippen molar-refractivity contribution >= 4 is 11.9 Å². The smallest absolute Gasteiger partial charge is 0.352 e. The number of carbonyl (C=O) groups is 2. The molecule has 1 N–H and O–H groups in total. The summed E-state index contributed by atoms with van der Waals surface area (Å²) in [5.74, 6) is 0.579. The Balaban J connectivity index is 1.05. The first-order valence-corrected chi connectivity index (χ1v) is 18.3. The van der Waals surface area contributed by atoms with E-state index in [-0.39, 0.29) is 18.4 Å². The van der Waals surface area contributed by atoms with Crippen molar-refractivity contribution < 1.29 is 33.6 Å². The first kappa shape index (κ1) is 35.5. The van der Waals surface area contributed by atoms with Gasteiger partial charge in [-0.05, 0) is 83.2 Å². The molecular weight excluding hydrogens is 594 g/mol. The molecule has 0 radical (unpaired) electrons. The van der Waals surface area contributed by atoms with Crippen molar-refractivity contribution in [1.82, 2.24) is 4.90 Å². The number of hydrogen-bond donors (Lipinski definition) is 1. The van der Waals surface area contributed by atoms with Crippen LogP contribution in [-0.2, 0) is 30.9 Å². The van der Waals surface area contributed by atoms with Crippen LogP contribution in [0.5, 0.6) is 11.5 Å². The lowest BCUT2D eigenvalue weighted by atomic mass is 9.50. The van der Waals surface area contributed by atoms with Gasteiger partial charge < -0.3 is 29.0 Å². The fourth-order valence-corrected chi connectivity index (χ4v) is 8.43. The second-order valence-electron chi connectivity index (χ2n) is 14.2. The number of aliphatic hydroxyl groups is 1. The van der Waals surface area contributed by atoms with Gasteiger partial charge in [0, 0.05) is 24.4 Å². The Morgan fingerprint density at radius 3 is 2.43 bits per heavy atom. The normalized spacial score (nSPS) is 26.4. The van der Waals surface area contributed by atoms with Gasteiger partial charge in [-0.25, -0.2) is 4.79 Å². The van der Waals surface area contributed by atoms with Gasteiger partial charge >= 0.3 is 11.9 Å². The predicted molar refractivity (Wildman–Crippen MR) is 183 cm³/mol. The summed E-state index contributed by atoms with van der Waals surface area (Å²) in [6.45, 7) is 4.59. The quantitative estimate of drug-likeness (QED) is 0.0935. The third kappa shape index (κ3) is 7.29. The number of nitrogens with zero attached hydrogens (tertiary/aromatic N) is 1. The standard InChI is InChI=1S/C39H57NO7/c1-5-6-7-8-9-10-11-12-13-14-15-16-17-18-19-20-33(41)45-28(2)37(42)46-31-23-24-39(43)32-27-29-21-22-30(44-4)35-34(29)38(39,36(31)47-35)25-26-40(32)3/h12-13,21-23,28,32,36,43H,5-11,14-20,24-27H2,1-4H3/b13-12-/t28-,32+,36-,38-,39+/m0/s1. The van der Waals surface area contributed by atoms with E-state index < -0.39 is 29.2 Å². The maximum Gasteiger partial charge on any atom is 0.352 e. The zero-order chi connectivity index (χ0) is 33.4. The van der Waals surface area contributed by atoms with Crippen LogP contribution >= 0.6 is 0 Å². The molecule has 1 saturated heterocycles. The molecule has 5 rings (SSSR count). The van der Waals surface area contributed by atoms with E-state index in [1.807, 2.05) is 6.07 Å². The Hall–Kier alpha value is -2.84. The van der Waals surface area contributed by atoms with E-state index >= 15 is 0 Å². The van der Waals surface area contributed by atoms with Gasteiger partial charge in [0.15, 0.2) is 23.7 Å². The molecule has 5 atom stereocenters. The third-order valence-electron chi connectivity index (χ3n) is 11.1. The molecule has 2 aliphatic carbocycles. The van der Waals surface area contributed by atoms with Crippen LogP contribution in [-0.4, -0.2) is 66.5 Å². The zero-order valence-electron chi connectivity index (χ0n) is 29.2. The lowest BCUT2D eigenvalue weighted by molar-refractivity contribution is -0.175. The molecule has 1 aromatic rings. The van der Waals surface area contributed by atoms with Gasteiger partial charge in [0.2, 0.25) is 0 Å². The number of allylic oxidation sites excluding steroid dienone is 2. The van der Waals surface area contributed by atoms with E-state index in [9.17, 15) is 14.7 Å². The van der Waals surface area contributed by atoms with E-state index in [4.69, 9.17) is 18.9 Å². The molecule has 0 saturated carbocycles. The fourth-order valence-electron chi connectivity index (χ4n) is 8.43. The molecule has 0 amide bonds. The Morgan fingerprint density at radius 2 is 1.72 bits per heavy atom. The minimum atomic E-state index is -1.08. The SMILES string of the molecule is CCCCCCCC/C=C\CCCCCCCC(=O)O[C@@H](C)C(=O)OC1=CC[C@@]2(O)[C@H]3Cc4ccc(OC)c5c4[C@@]2(CCN3C)[C@H]1O5. The Kier molecular flexibility index (Phi) is 12.1. The van der Waals surface area contributed by atoms with Crippen molar-refractivity contribution in [3.8, 4) is 11.5 Å². The van der Waals surface area contributed by atoms with Crippen LogP contribution in [0.25, 0.3) is 0 Å². The molecule has 4 aliphatic rings. The van der Waals surface area contributed by atoms with Crippen molar-refractivity contribution in [2.45, 2.75) is 152 Å². The van der Waals surface area contributed by atoms with E-state index in [1.165, 1.54) is 51.4 Å². The molecule has 8 nitrogen and oxygen atoms in total. The first-order valence-electron chi connectivity index (χ1n) is 18.3. The molecule has 1 aromatic carbocycles. The molecular formula is C39H57NO7. The number of methoxy groups -OCH3 is 1. The zero-order valence-corrected chi connectivity index (χ0v) is 29.2. The minimum Gasteiger partial charge on any atom is -0.493 e. The average Bonchev–Trinajstić information content (AvgIpc) is 3.42. The fraction of sp³-hybridized carbons (Fsp3) is 0.692. The number of rotatable bonds is 19. The molecule has 1 fully saturated rings. The Bertz CT molecular complexity index is 1310. The maximum atomic E-state index is 13.2. The number of esters is 2. The van der Waals surface area contributed by atoms with Crippen LogP contribution in [0.3, 0.4) is 0 Å². The monoisotopic (exact) mass is 651 g/mol. The van der Waals surface area contributed by atoms with Crippen molar-refractivity contribution in [3.05, 3.63) is 47.2 Å². The number of unbranched alkanes of at least 4 members (excludes halogenated alkanes) is 11. The molecule has 47 heavy (non-hydrogen) atoms. The minimum absolute atomic E-state index is 0.0841. The van der Waals surface area contributed by atoms with E-state index in [0.717, 1.165) is 49.8 Å². The summed E-state index contributed by atoms with van der Waals surface area (Å²) in [5.41, 5.74) is 0.285. The molecule has 8 heteroatoms. The van der Waals surface area contributed by atoms with Gasteiger partial charge in [0.25, 0.3) is 0 Å². The van der Waals surface area contributed by atoms with Gasteiger partial charge in [-0.2, -0.15) is 0 Å². The molecule has 2 aliphatic heterocycles. The molecule has 260 valence electrons. The van der Waals surface area contributed by atoms with Crippen molar-refractivity contribution in [1.29, 1.82) is 0 Å². The van der Waals surface area contributed by atoms with E-state index in [1.54, 1.807) is 20.1 Å². The second kappa shape index (κ2) is 16.0. The number of ether oxygens (including phenoxy) is 4. The van der Waals surface area contributed by atoms with Crippen LogP contribution in [0, 0.1) is 0 Å². The third-order valence-corrected chi connectivity index (χ3v) is 11.1. The highest BCUT2D eigenvalue weighted by atomic mass is 16.6. The molecule has 1 spiro atoms. The number of hydrogen-bond acceptors (Lipinski definition) is 8. The van der Waals surface area contributed by atoms with Crippen molar-refractivity contribution in [2.24, 2.45) is 0 Å². The van der Waals surface area contributed by atoms with Crippen LogP contribution < -0.4 is 9.47 Å². The van der Waals surface area contributed by atoms with E-state index in [2.05, 4.69) is 37.1 Å². The first-order chi connectivity index (χ1) is 22.8. The summed E-state index contributed by atoms with van der Waals surface area (Å²) in [5, 5.41) is 12.3. The predicted octanol–water partition coefficient (Wildman–Crippen LogP) is 7.49. The Morgan fingerprint density at radius 1 is 1.04 bits per heavy atom. The number of likely N-dealkylation sites (tertiary alicyclic amines) is 1. The summed E-state index contributed by atoms with van der Waals surface area (Å²) in [4.78, 5) is 28.0. The number of piperidine rings is 1. The summed E-state index contributed by atoms with van der Waals surface area (Å²) in [6, 6.07) is 3.90. The largest absolute Gasteiger partial charge is 0.493 e.